The molecule has 4 heterocycles. The number of thiazole rings is 1. The molecule has 4 nitrogen and oxygen atoms in total. The number of aromatic nitrogens is 1. The zero-order valence-corrected chi connectivity index (χ0v) is 15.3. The van der Waals surface area contributed by atoms with Gasteiger partial charge in [0.1, 0.15) is 5.82 Å². The van der Waals surface area contributed by atoms with Crippen LogP contribution in [0.4, 0.5) is 4.39 Å². The van der Waals surface area contributed by atoms with Crippen molar-refractivity contribution in [3.63, 3.8) is 0 Å². The van der Waals surface area contributed by atoms with Crippen LogP contribution in [0.2, 0.25) is 5.02 Å². The summed E-state index contributed by atoms with van der Waals surface area (Å²) in [6, 6.07) is 4.97. The smallest absolute Gasteiger partial charge is 0.227 e. The third-order valence-electron chi connectivity index (χ3n) is 5.09. The Bertz CT molecular complexity index is 770. The van der Waals surface area contributed by atoms with Gasteiger partial charge in [-0.05, 0) is 25.0 Å². The molecule has 1 aromatic carbocycles. The van der Waals surface area contributed by atoms with Crippen molar-refractivity contribution in [3.8, 4) is 0 Å². The lowest BCUT2D eigenvalue weighted by atomic mass is 9.94. The molecule has 0 aliphatic carbocycles. The fourth-order valence-corrected chi connectivity index (χ4v) is 4.56. The molecule has 3 fully saturated rings. The van der Waals surface area contributed by atoms with Crippen LogP contribution in [0, 0.1) is 11.7 Å². The number of piperidine rings is 1. The quantitative estimate of drug-likeness (QED) is 0.815. The fourth-order valence-electron chi connectivity index (χ4n) is 3.85. The van der Waals surface area contributed by atoms with Gasteiger partial charge in [0.05, 0.1) is 23.7 Å². The third kappa shape index (κ3) is 3.57. The van der Waals surface area contributed by atoms with Crippen molar-refractivity contribution in [2.75, 3.05) is 13.1 Å². The molecule has 2 aromatic rings. The second-order valence-electron chi connectivity index (χ2n) is 6.80. The maximum Gasteiger partial charge on any atom is 0.227 e. The number of hydrogen-bond acceptors (Lipinski definition) is 4. The molecule has 0 unspecified atom stereocenters. The van der Waals surface area contributed by atoms with E-state index in [0.717, 1.165) is 25.1 Å². The number of fused-ring (bicyclic) bond motifs is 4. The Kier molecular flexibility index (Phi) is 4.75. The molecule has 0 spiro atoms. The first-order valence-electron chi connectivity index (χ1n) is 8.44. The number of hydrogen-bond donors (Lipinski definition) is 0. The largest absolute Gasteiger partial charge is 0.332 e. The highest BCUT2D eigenvalue weighted by Gasteiger charge is 2.40. The van der Waals surface area contributed by atoms with Crippen LogP contribution in [-0.2, 0) is 17.9 Å². The van der Waals surface area contributed by atoms with Crippen LogP contribution in [0.1, 0.15) is 24.1 Å². The molecule has 3 aliphatic heterocycles. The molecular formula is C18H19ClFN3OS. The summed E-state index contributed by atoms with van der Waals surface area (Å²) in [5, 5.41) is 2.40. The molecule has 1 aromatic heterocycles. The van der Waals surface area contributed by atoms with Crippen LogP contribution in [0.5, 0.6) is 0 Å². The van der Waals surface area contributed by atoms with E-state index in [1.54, 1.807) is 29.0 Å². The van der Waals surface area contributed by atoms with Crippen LogP contribution in [0.25, 0.3) is 0 Å². The van der Waals surface area contributed by atoms with Crippen molar-refractivity contribution in [3.05, 3.63) is 51.2 Å². The second kappa shape index (κ2) is 7.02. The van der Waals surface area contributed by atoms with E-state index in [1.165, 1.54) is 6.07 Å². The van der Waals surface area contributed by atoms with Gasteiger partial charge >= 0.3 is 0 Å². The van der Waals surface area contributed by atoms with Gasteiger partial charge in [0, 0.05) is 41.6 Å². The summed E-state index contributed by atoms with van der Waals surface area (Å²) < 4.78 is 14.1. The first kappa shape index (κ1) is 16.9. The Morgan fingerprint density at radius 1 is 1.28 bits per heavy atom. The standard InChI is InChI=1S/C18H19ClFN3OS/c19-14-3-1-12(17(20)5-14)6-22-7-13-2-4-16(9-22)23(18(13)24)8-15-10-25-11-21-15/h1,3,5,10-11,13,16H,2,4,6-9H2/t13-,16+/m0/s1. The Balaban J connectivity index is 1.51. The zero-order valence-electron chi connectivity index (χ0n) is 13.7. The van der Waals surface area contributed by atoms with Gasteiger partial charge in [-0.3, -0.25) is 9.69 Å². The Morgan fingerprint density at radius 3 is 2.92 bits per heavy atom. The Labute approximate surface area is 155 Å². The van der Waals surface area contributed by atoms with Crippen molar-refractivity contribution in [2.24, 2.45) is 5.92 Å². The maximum atomic E-state index is 14.1. The second-order valence-corrected chi connectivity index (χ2v) is 7.96. The van der Waals surface area contributed by atoms with E-state index in [4.69, 9.17) is 11.6 Å². The van der Waals surface area contributed by atoms with Crippen molar-refractivity contribution >= 4 is 28.8 Å². The molecule has 2 atom stereocenters. The van der Waals surface area contributed by atoms with Crippen molar-refractivity contribution in [2.45, 2.75) is 32.0 Å². The van der Waals surface area contributed by atoms with E-state index in [9.17, 15) is 9.18 Å². The SMILES string of the molecule is O=C1[C@H]2CC[C@H](CN(Cc3ccc(Cl)cc3F)C2)N1Cc1cscn1. The average Bonchev–Trinajstić information content (AvgIpc) is 2.96. The maximum absolute atomic E-state index is 14.1. The molecule has 0 saturated carbocycles. The predicted molar refractivity (Wildman–Crippen MR) is 95.9 cm³/mol. The van der Waals surface area contributed by atoms with E-state index in [0.29, 0.717) is 30.2 Å². The lowest BCUT2D eigenvalue weighted by Crippen LogP contribution is -2.47. The summed E-state index contributed by atoms with van der Waals surface area (Å²) in [5.41, 5.74) is 3.37. The average molecular weight is 380 g/mol. The molecule has 132 valence electrons. The number of nitrogens with zero attached hydrogens (tertiary/aromatic N) is 3. The molecule has 7 heteroatoms. The third-order valence-corrected chi connectivity index (χ3v) is 5.96. The molecule has 0 N–H and O–H groups in total. The van der Waals surface area contributed by atoms with Crippen molar-refractivity contribution in [1.29, 1.82) is 0 Å². The highest BCUT2D eigenvalue weighted by Crippen LogP contribution is 2.31. The van der Waals surface area contributed by atoms with E-state index >= 15 is 0 Å². The van der Waals surface area contributed by atoms with Crippen LogP contribution >= 0.6 is 22.9 Å². The molecule has 2 bridgehead atoms. The first-order valence-corrected chi connectivity index (χ1v) is 9.76. The van der Waals surface area contributed by atoms with E-state index in [1.807, 2.05) is 10.3 Å². The topological polar surface area (TPSA) is 36.4 Å². The van der Waals surface area contributed by atoms with Gasteiger partial charge in [0.25, 0.3) is 0 Å². The van der Waals surface area contributed by atoms with Crippen LogP contribution in [-0.4, -0.2) is 39.8 Å². The van der Waals surface area contributed by atoms with Crippen molar-refractivity contribution in [1.82, 2.24) is 14.8 Å². The summed E-state index contributed by atoms with van der Waals surface area (Å²) in [4.78, 5) is 21.3. The first-order chi connectivity index (χ1) is 12.1. The molecular weight excluding hydrogens is 361 g/mol. The number of carbonyl (C=O) groups excluding carboxylic acids is 1. The molecule has 25 heavy (non-hydrogen) atoms. The van der Waals surface area contributed by atoms with Gasteiger partial charge in [0.15, 0.2) is 0 Å². The molecule has 0 radical (unpaired) electrons. The lowest BCUT2D eigenvalue weighted by Gasteiger charge is -2.35. The van der Waals surface area contributed by atoms with Gasteiger partial charge in [-0.1, -0.05) is 17.7 Å². The number of halogens is 2. The van der Waals surface area contributed by atoms with E-state index in [2.05, 4.69) is 9.88 Å². The predicted octanol–water partition coefficient (Wildman–Crippen LogP) is 3.56. The summed E-state index contributed by atoms with van der Waals surface area (Å²) in [7, 11) is 0. The zero-order chi connectivity index (χ0) is 17.4. The van der Waals surface area contributed by atoms with Gasteiger partial charge < -0.3 is 4.90 Å². The summed E-state index contributed by atoms with van der Waals surface area (Å²) >= 11 is 7.39. The van der Waals surface area contributed by atoms with Gasteiger partial charge in [-0.25, -0.2) is 9.37 Å². The minimum Gasteiger partial charge on any atom is -0.332 e. The van der Waals surface area contributed by atoms with Crippen molar-refractivity contribution < 1.29 is 9.18 Å². The van der Waals surface area contributed by atoms with Crippen LogP contribution in [0.3, 0.4) is 0 Å². The molecule has 3 aliphatic rings. The molecule has 1 amide bonds. The van der Waals surface area contributed by atoms with E-state index < -0.39 is 0 Å². The molecule has 3 saturated heterocycles. The van der Waals surface area contributed by atoms with E-state index in [-0.39, 0.29) is 23.7 Å². The summed E-state index contributed by atoms with van der Waals surface area (Å²) in [6.07, 6.45) is 1.91. The van der Waals surface area contributed by atoms with Gasteiger partial charge in [-0.15, -0.1) is 11.3 Å². The minimum atomic E-state index is -0.283. The number of rotatable bonds is 4. The lowest BCUT2D eigenvalue weighted by molar-refractivity contribution is -0.140. The number of carbonyl (C=O) groups is 1. The highest BCUT2D eigenvalue weighted by atomic mass is 35.5. The van der Waals surface area contributed by atoms with Crippen LogP contribution < -0.4 is 0 Å². The molecule has 5 rings (SSSR count). The van der Waals surface area contributed by atoms with Crippen LogP contribution in [0.15, 0.2) is 29.1 Å². The fraction of sp³-hybridized carbons (Fsp3) is 0.444. The highest BCUT2D eigenvalue weighted by molar-refractivity contribution is 7.07. The monoisotopic (exact) mass is 379 g/mol. The summed E-state index contributed by atoms with van der Waals surface area (Å²) in [5.74, 6) is -0.0779. The Hall–Kier alpha value is -1.50. The number of benzene rings is 1. The number of amides is 1. The van der Waals surface area contributed by atoms with Gasteiger partial charge in [0.2, 0.25) is 5.91 Å². The Morgan fingerprint density at radius 2 is 2.16 bits per heavy atom. The summed E-state index contributed by atoms with van der Waals surface area (Å²) in [6.45, 7) is 2.54. The minimum absolute atomic E-state index is 0.00672. The van der Waals surface area contributed by atoms with Gasteiger partial charge in [-0.2, -0.15) is 0 Å². The normalized spacial score (nSPS) is 23.9.